The van der Waals surface area contributed by atoms with Crippen LogP contribution in [0.1, 0.15) is 88.6 Å². The number of aliphatic hydroxyl groups excluding tert-OH is 1. The van der Waals surface area contributed by atoms with Gasteiger partial charge in [-0.05, 0) is 58.2 Å². The van der Waals surface area contributed by atoms with Crippen LogP contribution in [0.4, 0.5) is 5.69 Å². The van der Waals surface area contributed by atoms with Crippen molar-refractivity contribution in [2.24, 2.45) is 0 Å². The molecule has 0 bridgehead atoms. The second-order valence-corrected chi connectivity index (χ2v) is 10.2. The Balaban J connectivity index is 1.99. The lowest BCUT2D eigenvalue weighted by atomic mass is 9.92. The van der Waals surface area contributed by atoms with Gasteiger partial charge in [-0.25, -0.2) is 0 Å². The number of benzene rings is 1. The molecular weight excluding hydrogens is 446 g/mol. The number of nitrogens with zero attached hydrogens (tertiary/aromatic N) is 2. The fourth-order valence-corrected chi connectivity index (χ4v) is 5.22. The minimum absolute atomic E-state index is 0.0254. The number of aryl methyl sites for hydroxylation is 1. The summed E-state index contributed by atoms with van der Waals surface area (Å²) in [7, 11) is 0. The van der Waals surface area contributed by atoms with Crippen LogP contribution in [0.2, 0.25) is 0 Å². The van der Waals surface area contributed by atoms with Crippen LogP contribution in [-0.2, 0) is 9.59 Å². The molecule has 2 aliphatic rings. The maximum atomic E-state index is 13.8. The van der Waals surface area contributed by atoms with Crippen LogP contribution in [0.3, 0.4) is 0 Å². The van der Waals surface area contributed by atoms with Gasteiger partial charge in [-0.15, -0.1) is 0 Å². The van der Waals surface area contributed by atoms with E-state index in [2.05, 4.69) is 19.2 Å². The summed E-state index contributed by atoms with van der Waals surface area (Å²) >= 11 is 0. The van der Waals surface area contributed by atoms with E-state index in [1.807, 2.05) is 17.9 Å². The highest BCUT2D eigenvalue weighted by Crippen LogP contribution is 2.41. The van der Waals surface area contributed by atoms with Gasteiger partial charge < -0.3 is 25.0 Å². The van der Waals surface area contributed by atoms with Crippen molar-refractivity contribution >= 4 is 23.4 Å². The third-order valence-corrected chi connectivity index (χ3v) is 7.19. The summed E-state index contributed by atoms with van der Waals surface area (Å²) in [6, 6.07) is 3.87. The molecule has 8 nitrogen and oxygen atoms in total. The summed E-state index contributed by atoms with van der Waals surface area (Å²) in [6.45, 7) is 9.77. The Morgan fingerprint density at radius 3 is 2.54 bits per heavy atom. The lowest BCUT2D eigenvalue weighted by Crippen LogP contribution is -2.56. The molecule has 1 aromatic rings. The standard InChI is InChI=1S/C27H41N3O5/c1-6-24(32)28-13-14-29-22-17-21(25(33)30(18(2)3)20-10-8-7-9-11-20)19(4)16-23(22)35-27(5,12-15-31)26(29)34/h16-18,20,31H,6-15H2,1-5H3,(H,28,32). The molecule has 1 aromatic carbocycles. The Bertz CT molecular complexity index is 941. The summed E-state index contributed by atoms with van der Waals surface area (Å²) in [5.74, 6) is 0.0942. The number of anilines is 1. The topological polar surface area (TPSA) is 99.2 Å². The fourth-order valence-electron chi connectivity index (χ4n) is 5.22. The fraction of sp³-hybridized carbons (Fsp3) is 0.667. The highest BCUT2D eigenvalue weighted by molar-refractivity contribution is 6.05. The van der Waals surface area contributed by atoms with Crippen molar-refractivity contribution in [2.45, 2.75) is 97.2 Å². The summed E-state index contributed by atoms with van der Waals surface area (Å²) in [6.07, 6.45) is 6.01. The number of hydrogen-bond donors (Lipinski definition) is 2. The number of aliphatic hydroxyl groups is 1. The number of amides is 3. The molecule has 0 spiro atoms. The van der Waals surface area contributed by atoms with E-state index in [9.17, 15) is 19.5 Å². The lowest BCUT2D eigenvalue weighted by Gasteiger charge is -2.41. The molecule has 1 fully saturated rings. The second-order valence-electron chi connectivity index (χ2n) is 10.2. The smallest absolute Gasteiger partial charge is 0.271 e. The average Bonchev–Trinajstić information content (AvgIpc) is 2.81. The first-order valence-electron chi connectivity index (χ1n) is 13.0. The largest absolute Gasteiger partial charge is 0.475 e. The highest BCUT2D eigenvalue weighted by atomic mass is 16.5. The van der Waals surface area contributed by atoms with Crippen LogP contribution >= 0.6 is 0 Å². The first-order chi connectivity index (χ1) is 16.6. The lowest BCUT2D eigenvalue weighted by molar-refractivity contribution is -0.135. The number of fused-ring (bicyclic) bond motifs is 1. The normalized spacial score (nSPS) is 20.4. The van der Waals surface area contributed by atoms with Crippen molar-refractivity contribution < 1.29 is 24.2 Å². The van der Waals surface area contributed by atoms with Gasteiger partial charge in [-0.3, -0.25) is 14.4 Å². The van der Waals surface area contributed by atoms with Gasteiger partial charge in [0.15, 0.2) is 5.60 Å². The van der Waals surface area contributed by atoms with E-state index >= 15 is 0 Å². The minimum Gasteiger partial charge on any atom is -0.475 e. The van der Waals surface area contributed by atoms with Crippen molar-refractivity contribution in [1.29, 1.82) is 0 Å². The van der Waals surface area contributed by atoms with Crippen molar-refractivity contribution in [2.75, 3.05) is 24.6 Å². The number of nitrogens with one attached hydrogen (secondary N) is 1. The van der Waals surface area contributed by atoms with Crippen molar-refractivity contribution in [3.63, 3.8) is 0 Å². The summed E-state index contributed by atoms with van der Waals surface area (Å²) in [4.78, 5) is 42.7. The zero-order valence-corrected chi connectivity index (χ0v) is 21.9. The average molecular weight is 488 g/mol. The minimum atomic E-state index is -1.22. The summed E-state index contributed by atoms with van der Waals surface area (Å²) in [5.41, 5.74) is 0.654. The molecule has 2 N–H and O–H groups in total. The van der Waals surface area contributed by atoms with Gasteiger partial charge in [0.05, 0.1) is 5.69 Å². The highest BCUT2D eigenvalue weighted by Gasteiger charge is 2.45. The van der Waals surface area contributed by atoms with Crippen molar-refractivity contribution in [3.8, 4) is 5.75 Å². The van der Waals surface area contributed by atoms with Crippen molar-refractivity contribution in [3.05, 3.63) is 23.3 Å². The Morgan fingerprint density at radius 1 is 1.26 bits per heavy atom. The van der Waals surface area contributed by atoms with Crippen LogP contribution < -0.4 is 15.0 Å². The zero-order chi connectivity index (χ0) is 25.8. The van der Waals surface area contributed by atoms with Gasteiger partial charge in [0.2, 0.25) is 5.91 Å². The summed E-state index contributed by atoms with van der Waals surface area (Å²) < 4.78 is 6.13. The van der Waals surface area contributed by atoms with Gasteiger partial charge in [0.25, 0.3) is 11.8 Å². The molecule has 1 atom stereocenters. The Labute approximate surface area is 209 Å². The van der Waals surface area contributed by atoms with Crippen LogP contribution in [-0.4, -0.2) is 65.1 Å². The first-order valence-corrected chi connectivity index (χ1v) is 13.0. The monoisotopic (exact) mass is 487 g/mol. The molecule has 3 rings (SSSR count). The van der Waals surface area contributed by atoms with E-state index in [-0.39, 0.29) is 55.9 Å². The van der Waals surface area contributed by atoms with Gasteiger partial charge in [0.1, 0.15) is 5.75 Å². The molecule has 0 radical (unpaired) electrons. The van der Waals surface area contributed by atoms with E-state index in [4.69, 9.17) is 4.74 Å². The number of hydrogen-bond acceptors (Lipinski definition) is 5. The number of ether oxygens (including phenoxy) is 1. The number of carbonyl (C=O) groups excluding carboxylic acids is 3. The molecule has 1 heterocycles. The molecule has 8 heteroatoms. The molecule has 1 unspecified atom stereocenters. The molecular formula is C27H41N3O5. The molecule has 0 saturated heterocycles. The van der Waals surface area contributed by atoms with E-state index in [1.54, 1.807) is 24.8 Å². The van der Waals surface area contributed by atoms with Crippen LogP contribution in [0, 0.1) is 6.92 Å². The van der Waals surface area contributed by atoms with Crippen LogP contribution in [0.15, 0.2) is 12.1 Å². The third-order valence-electron chi connectivity index (χ3n) is 7.19. The van der Waals surface area contributed by atoms with Crippen LogP contribution in [0.25, 0.3) is 0 Å². The molecule has 3 amide bonds. The van der Waals surface area contributed by atoms with Crippen LogP contribution in [0.5, 0.6) is 5.75 Å². The second kappa shape index (κ2) is 11.4. The number of rotatable bonds is 9. The first kappa shape index (κ1) is 27.0. The summed E-state index contributed by atoms with van der Waals surface area (Å²) in [5, 5.41) is 12.4. The van der Waals surface area contributed by atoms with Gasteiger partial charge in [-0.2, -0.15) is 0 Å². The molecule has 35 heavy (non-hydrogen) atoms. The van der Waals surface area contributed by atoms with E-state index in [0.29, 0.717) is 23.4 Å². The van der Waals surface area contributed by atoms with E-state index < -0.39 is 5.60 Å². The third kappa shape index (κ3) is 5.80. The molecule has 1 aliphatic heterocycles. The quantitative estimate of drug-likeness (QED) is 0.555. The molecule has 1 aliphatic carbocycles. The maximum absolute atomic E-state index is 13.8. The number of carbonyl (C=O) groups is 3. The zero-order valence-electron chi connectivity index (χ0n) is 21.9. The van der Waals surface area contributed by atoms with Gasteiger partial charge >= 0.3 is 0 Å². The Kier molecular flexibility index (Phi) is 8.80. The molecule has 0 aromatic heterocycles. The molecule has 194 valence electrons. The predicted molar refractivity (Wildman–Crippen MR) is 136 cm³/mol. The predicted octanol–water partition coefficient (Wildman–Crippen LogP) is 3.57. The van der Waals surface area contributed by atoms with Gasteiger partial charge in [-0.1, -0.05) is 26.2 Å². The van der Waals surface area contributed by atoms with Gasteiger partial charge in [0, 0.05) is 50.2 Å². The maximum Gasteiger partial charge on any atom is 0.271 e. The Morgan fingerprint density at radius 2 is 1.94 bits per heavy atom. The van der Waals surface area contributed by atoms with Crippen molar-refractivity contribution in [1.82, 2.24) is 10.2 Å². The SMILES string of the molecule is CCC(=O)NCCN1C(=O)C(C)(CCO)Oc2cc(C)c(C(=O)N(C(C)C)C3CCCCC3)cc21. The van der Waals surface area contributed by atoms with E-state index in [1.165, 1.54) is 6.42 Å². The molecule has 1 saturated carbocycles. The Hall–Kier alpha value is -2.61. The van der Waals surface area contributed by atoms with E-state index in [0.717, 1.165) is 31.2 Å².